The summed E-state index contributed by atoms with van der Waals surface area (Å²) in [6.07, 6.45) is 0. The number of rotatable bonds is 5. The van der Waals surface area contributed by atoms with E-state index in [9.17, 15) is 0 Å². The van der Waals surface area contributed by atoms with E-state index in [1.54, 1.807) is 0 Å². The van der Waals surface area contributed by atoms with Gasteiger partial charge in [-0.3, -0.25) is 0 Å². The van der Waals surface area contributed by atoms with Gasteiger partial charge in [0.2, 0.25) is 0 Å². The highest BCUT2D eigenvalue weighted by Crippen LogP contribution is 2.47. The molecule has 0 spiro atoms. The van der Waals surface area contributed by atoms with Crippen molar-refractivity contribution in [3.05, 3.63) is 200 Å². The number of fused-ring (bicyclic) bond motifs is 5. The highest BCUT2D eigenvalue weighted by Gasteiger charge is 2.21. The van der Waals surface area contributed by atoms with E-state index < -0.39 is 0 Å². The Balaban J connectivity index is 1.35. The topological polar surface area (TPSA) is 4.93 Å². The van der Waals surface area contributed by atoms with E-state index in [4.69, 9.17) is 0 Å². The summed E-state index contributed by atoms with van der Waals surface area (Å²) in [5.41, 5.74) is 10.8. The van der Waals surface area contributed by atoms with Gasteiger partial charge in [-0.25, -0.2) is 0 Å². The summed E-state index contributed by atoms with van der Waals surface area (Å²) in [6, 6.07) is 73.0. The Labute approximate surface area is 297 Å². The fourth-order valence-corrected chi connectivity index (χ4v) is 8.16. The first-order valence-electron chi connectivity index (χ1n) is 17.6. The summed E-state index contributed by atoms with van der Waals surface area (Å²) < 4.78 is 2.43. The van der Waals surface area contributed by atoms with Crippen LogP contribution >= 0.6 is 0 Å². The second-order valence-electron chi connectivity index (χ2n) is 13.3. The van der Waals surface area contributed by atoms with E-state index in [-0.39, 0.29) is 0 Å². The van der Waals surface area contributed by atoms with Crippen molar-refractivity contribution >= 4 is 43.1 Å². The minimum Gasteiger partial charge on any atom is -0.309 e. The zero-order chi connectivity index (χ0) is 33.7. The first-order valence-corrected chi connectivity index (χ1v) is 17.6. The molecule has 0 N–H and O–H groups in total. The molecule has 10 rings (SSSR count). The van der Waals surface area contributed by atoms with Gasteiger partial charge in [-0.1, -0.05) is 170 Å². The second-order valence-corrected chi connectivity index (χ2v) is 13.3. The molecule has 0 radical (unpaired) electrons. The first kappa shape index (κ1) is 29.2. The molecule has 0 aliphatic carbocycles. The number of aromatic nitrogens is 1. The molecule has 9 aromatic carbocycles. The van der Waals surface area contributed by atoms with Crippen molar-refractivity contribution in [2.75, 3.05) is 0 Å². The van der Waals surface area contributed by atoms with Gasteiger partial charge in [0.25, 0.3) is 0 Å². The summed E-state index contributed by atoms with van der Waals surface area (Å²) >= 11 is 0. The molecule has 1 heteroatoms. The molecule has 0 aliphatic heterocycles. The van der Waals surface area contributed by atoms with Gasteiger partial charge < -0.3 is 4.57 Å². The molecule has 0 amide bonds. The average molecular weight is 648 g/mol. The molecule has 0 fully saturated rings. The van der Waals surface area contributed by atoms with Crippen LogP contribution in [0.25, 0.3) is 93.5 Å². The Hall–Kier alpha value is -6.70. The van der Waals surface area contributed by atoms with E-state index in [0.29, 0.717) is 0 Å². The standard InChI is InChI=1S/C50H33N/c1-4-16-34(17-5-1)47-30-31-48(35-18-6-2-7-19-35)51(47)38-28-29-44-46(33-38)49(36-20-8-3-9-21-36)42-26-14-15-27-43(42)50(44)45-32-37-22-10-11-23-39(37)40-24-12-13-25-41(40)45/h1-33H. The maximum atomic E-state index is 2.43. The van der Waals surface area contributed by atoms with Crippen molar-refractivity contribution in [2.24, 2.45) is 0 Å². The van der Waals surface area contributed by atoms with Crippen molar-refractivity contribution in [3.8, 4) is 50.5 Å². The van der Waals surface area contributed by atoms with Gasteiger partial charge >= 0.3 is 0 Å². The maximum Gasteiger partial charge on any atom is 0.0535 e. The lowest BCUT2D eigenvalue weighted by atomic mass is 9.83. The smallest absolute Gasteiger partial charge is 0.0535 e. The minimum absolute atomic E-state index is 1.13. The van der Waals surface area contributed by atoms with Crippen LogP contribution in [-0.2, 0) is 0 Å². The van der Waals surface area contributed by atoms with Gasteiger partial charge in [0.1, 0.15) is 0 Å². The Morgan fingerprint density at radius 2 is 0.745 bits per heavy atom. The Kier molecular flexibility index (Phi) is 6.89. The third-order valence-corrected chi connectivity index (χ3v) is 10.4. The minimum atomic E-state index is 1.13. The normalized spacial score (nSPS) is 11.5. The Morgan fingerprint density at radius 1 is 0.275 bits per heavy atom. The molecule has 0 saturated heterocycles. The van der Waals surface area contributed by atoms with Crippen molar-refractivity contribution in [2.45, 2.75) is 0 Å². The Morgan fingerprint density at radius 3 is 1.37 bits per heavy atom. The third kappa shape index (κ3) is 4.78. The molecule has 1 nitrogen and oxygen atoms in total. The van der Waals surface area contributed by atoms with E-state index in [1.807, 2.05) is 0 Å². The van der Waals surface area contributed by atoms with Crippen LogP contribution in [0.3, 0.4) is 0 Å². The van der Waals surface area contributed by atoms with Crippen LogP contribution in [0.5, 0.6) is 0 Å². The molecule has 0 saturated carbocycles. The second kappa shape index (κ2) is 12.0. The first-order chi connectivity index (χ1) is 25.3. The lowest BCUT2D eigenvalue weighted by Crippen LogP contribution is -2.00. The molecular weight excluding hydrogens is 615 g/mol. The van der Waals surface area contributed by atoms with Gasteiger partial charge in [-0.2, -0.15) is 0 Å². The molecule has 0 bridgehead atoms. The van der Waals surface area contributed by atoms with E-state index in [0.717, 1.165) is 17.1 Å². The monoisotopic (exact) mass is 647 g/mol. The SMILES string of the molecule is c1ccc(-c2c3ccccc3c(-c3cc4ccccc4c4ccccc34)c3ccc(-n4c(-c5ccccc5)ccc4-c4ccccc4)cc23)cc1. The van der Waals surface area contributed by atoms with Crippen molar-refractivity contribution in [1.29, 1.82) is 0 Å². The molecule has 51 heavy (non-hydrogen) atoms. The summed E-state index contributed by atoms with van der Waals surface area (Å²) in [7, 11) is 0. The quantitative estimate of drug-likeness (QED) is 0.129. The molecule has 238 valence electrons. The Bertz CT molecular complexity index is 2830. The molecule has 10 aromatic rings. The summed E-state index contributed by atoms with van der Waals surface area (Å²) in [5, 5.41) is 10.1. The van der Waals surface area contributed by atoms with Gasteiger partial charge in [0, 0.05) is 5.69 Å². The summed E-state index contributed by atoms with van der Waals surface area (Å²) in [5.74, 6) is 0. The molecular formula is C50H33N. The van der Waals surface area contributed by atoms with Crippen molar-refractivity contribution < 1.29 is 0 Å². The van der Waals surface area contributed by atoms with Crippen LogP contribution in [0.15, 0.2) is 200 Å². The summed E-state index contributed by atoms with van der Waals surface area (Å²) in [4.78, 5) is 0. The van der Waals surface area contributed by atoms with Crippen LogP contribution in [0.2, 0.25) is 0 Å². The van der Waals surface area contributed by atoms with Crippen LogP contribution in [-0.4, -0.2) is 4.57 Å². The fourth-order valence-electron chi connectivity index (χ4n) is 8.16. The lowest BCUT2D eigenvalue weighted by molar-refractivity contribution is 1.10. The average Bonchev–Trinajstić information content (AvgIpc) is 3.66. The highest BCUT2D eigenvalue weighted by atomic mass is 15.0. The van der Waals surface area contributed by atoms with E-state index in [1.165, 1.54) is 76.5 Å². The largest absolute Gasteiger partial charge is 0.309 e. The summed E-state index contributed by atoms with van der Waals surface area (Å²) in [6.45, 7) is 0. The van der Waals surface area contributed by atoms with Crippen LogP contribution < -0.4 is 0 Å². The van der Waals surface area contributed by atoms with Gasteiger partial charge in [-0.05, 0) is 107 Å². The number of nitrogens with zero attached hydrogens (tertiary/aromatic N) is 1. The molecule has 0 aliphatic rings. The van der Waals surface area contributed by atoms with E-state index >= 15 is 0 Å². The van der Waals surface area contributed by atoms with Crippen LogP contribution in [0.1, 0.15) is 0 Å². The zero-order valence-electron chi connectivity index (χ0n) is 28.0. The lowest BCUT2D eigenvalue weighted by Gasteiger charge is -2.21. The number of hydrogen-bond donors (Lipinski definition) is 0. The van der Waals surface area contributed by atoms with E-state index in [2.05, 4.69) is 205 Å². The highest BCUT2D eigenvalue weighted by molar-refractivity contribution is 6.26. The van der Waals surface area contributed by atoms with Gasteiger partial charge in [0.05, 0.1) is 11.4 Å². The van der Waals surface area contributed by atoms with Crippen LogP contribution in [0, 0.1) is 0 Å². The third-order valence-electron chi connectivity index (χ3n) is 10.4. The predicted octanol–water partition coefficient (Wildman–Crippen LogP) is 13.8. The van der Waals surface area contributed by atoms with Gasteiger partial charge in [-0.15, -0.1) is 0 Å². The zero-order valence-corrected chi connectivity index (χ0v) is 28.0. The number of hydrogen-bond acceptors (Lipinski definition) is 0. The maximum absolute atomic E-state index is 2.43. The molecule has 1 heterocycles. The van der Waals surface area contributed by atoms with Crippen LogP contribution in [0.4, 0.5) is 0 Å². The van der Waals surface area contributed by atoms with Crippen molar-refractivity contribution in [1.82, 2.24) is 4.57 Å². The fraction of sp³-hybridized carbons (Fsp3) is 0. The molecule has 1 aromatic heterocycles. The van der Waals surface area contributed by atoms with Crippen molar-refractivity contribution in [3.63, 3.8) is 0 Å². The molecule has 0 unspecified atom stereocenters. The predicted molar refractivity (Wildman–Crippen MR) is 218 cm³/mol. The number of benzene rings is 9. The van der Waals surface area contributed by atoms with Gasteiger partial charge in [0.15, 0.2) is 0 Å². The molecule has 0 atom stereocenters.